The van der Waals surface area contributed by atoms with Gasteiger partial charge >= 0.3 is 0 Å². The van der Waals surface area contributed by atoms with E-state index >= 15 is 0 Å². The van der Waals surface area contributed by atoms with E-state index in [9.17, 15) is 15.0 Å². The van der Waals surface area contributed by atoms with E-state index in [1.807, 2.05) is 19.1 Å². The Morgan fingerprint density at radius 2 is 1.83 bits per heavy atom. The minimum atomic E-state index is -0.557. The fourth-order valence-corrected chi connectivity index (χ4v) is 3.34. The van der Waals surface area contributed by atoms with Crippen molar-refractivity contribution in [3.63, 3.8) is 0 Å². The number of nitrogens with zero attached hydrogens (tertiary/aromatic N) is 3. The maximum Gasteiger partial charge on any atom is 0.295 e. The minimum Gasteiger partial charge on any atom is -0.508 e. The molecule has 1 heterocycles. The molecule has 0 saturated heterocycles. The summed E-state index contributed by atoms with van der Waals surface area (Å²) >= 11 is 3.47. The van der Waals surface area contributed by atoms with Crippen LogP contribution in [0.4, 0.5) is 5.69 Å². The number of aryl methyl sites for hydroxylation is 2. The summed E-state index contributed by atoms with van der Waals surface area (Å²) in [6, 6.07) is 9.53. The Morgan fingerprint density at radius 3 is 2.50 bits per heavy atom. The molecule has 1 aromatic heterocycles. The summed E-state index contributed by atoms with van der Waals surface area (Å²) in [5.41, 5.74) is 2.29. The van der Waals surface area contributed by atoms with Crippen LogP contribution >= 0.6 is 15.9 Å². The highest BCUT2D eigenvalue weighted by molar-refractivity contribution is 9.10. The Balaban J connectivity index is 2.05. The van der Waals surface area contributed by atoms with E-state index in [1.54, 1.807) is 11.6 Å². The van der Waals surface area contributed by atoms with Crippen LogP contribution in [0.2, 0.25) is 0 Å². The molecule has 2 N–H and O–H groups in total. The van der Waals surface area contributed by atoms with Crippen molar-refractivity contribution in [1.82, 2.24) is 4.57 Å². The number of aromatic nitrogens is 1. The topological polar surface area (TPSA) is 87.2 Å². The molecular formula is C17H14BrN3O3. The lowest BCUT2D eigenvalue weighted by Gasteiger charge is -2.01. The van der Waals surface area contributed by atoms with Crippen molar-refractivity contribution in [3.05, 3.63) is 52.0 Å². The van der Waals surface area contributed by atoms with E-state index in [-0.39, 0.29) is 17.3 Å². The molecule has 122 valence electrons. The monoisotopic (exact) mass is 387 g/mol. The predicted molar refractivity (Wildman–Crippen MR) is 94.0 cm³/mol. The Labute approximate surface area is 146 Å². The molecular weight excluding hydrogens is 374 g/mol. The van der Waals surface area contributed by atoms with Gasteiger partial charge in [0.1, 0.15) is 5.75 Å². The van der Waals surface area contributed by atoms with Crippen LogP contribution in [0.1, 0.15) is 15.9 Å². The van der Waals surface area contributed by atoms with Crippen molar-refractivity contribution in [1.29, 1.82) is 0 Å². The third-order valence-electron chi connectivity index (χ3n) is 3.68. The van der Waals surface area contributed by atoms with Gasteiger partial charge in [-0.25, -0.2) is 0 Å². The molecule has 2 aromatic carbocycles. The van der Waals surface area contributed by atoms with Crippen molar-refractivity contribution < 1.29 is 15.0 Å². The van der Waals surface area contributed by atoms with Crippen molar-refractivity contribution in [2.75, 3.05) is 0 Å². The van der Waals surface area contributed by atoms with Gasteiger partial charge in [-0.1, -0.05) is 0 Å². The first kappa shape index (κ1) is 16.2. The molecule has 0 atom stereocenters. The molecule has 0 aliphatic heterocycles. The number of azo groups is 1. The highest BCUT2D eigenvalue weighted by atomic mass is 79.9. The Hall–Kier alpha value is -2.67. The summed E-state index contributed by atoms with van der Waals surface area (Å²) in [6.07, 6.45) is 0. The number of benzene rings is 2. The fourth-order valence-electron chi connectivity index (χ4n) is 2.50. The number of phenols is 1. The molecule has 7 heteroatoms. The summed E-state index contributed by atoms with van der Waals surface area (Å²) in [5.74, 6) is -0.563. The number of aromatic hydroxyl groups is 2. The molecule has 0 aliphatic carbocycles. The molecule has 6 nitrogen and oxygen atoms in total. The number of carbonyl (C=O) groups is 1. The maximum atomic E-state index is 12.1. The van der Waals surface area contributed by atoms with Crippen LogP contribution < -0.4 is 0 Å². The SMILES string of the molecule is Cc1cc(Br)c2c(c1)c(N=NC(=O)c1ccc(O)cc1)c(O)n2C. The predicted octanol–water partition coefficient (Wildman–Crippen LogP) is 4.58. The van der Waals surface area contributed by atoms with Gasteiger partial charge in [0.15, 0.2) is 5.69 Å². The molecule has 0 fully saturated rings. The van der Waals surface area contributed by atoms with E-state index in [2.05, 4.69) is 26.2 Å². The lowest BCUT2D eigenvalue weighted by molar-refractivity contribution is 0.0995. The normalized spacial score (nSPS) is 11.5. The zero-order valence-corrected chi connectivity index (χ0v) is 14.6. The Bertz CT molecular complexity index is 975. The first-order valence-corrected chi connectivity index (χ1v) is 7.90. The molecule has 0 aliphatic rings. The van der Waals surface area contributed by atoms with Crippen LogP contribution in [0.5, 0.6) is 11.6 Å². The molecule has 0 saturated carbocycles. The lowest BCUT2D eigenvalue weighted by Crippen LogP contribution is -1.92. The number of phenolic OH excluding ortho intramolecular Hbond substituents is 1. The number of amides is 1. The van der Waals surface area contributed by atoms with E-state index in [4.69, 9.17) is 0 Å². The number of halogens is 1. The van der Waals surface area contributed by atoms with Gasteiger partial charge < -0.3 is 14.8 Å². The summed E-state index contributed by atoms with van der Waals surface area (Å²) in [4.78, 5) is 12.1. The smallest absolute Gasteiger partial charge is 0.295 e. The van der Waals surface area contributed by atoms with Gasteiger partial charge in [-0.05, 0) is 64.8 Å². The average Bonchev–Trinajstić information content (AvgIpc) is 2.77. The molecule has 3 aromatic rings. The van der Waals surface area contributed by atoms with E-state index in [1.165, 1.54) is 24.3 Å². The highest BCUT2D eigenvalue weighted by Crippen LogP contribution is 2.41. The van der Waals surface area contributed by atoms with Crippen LogP contribution in [0.15, 0.2) is 51.1 Å². The van der Waals surface area contributed by atoms with Gasteiger partial charge in [0.25, 0.3) is 5.91 Å². The number of hydrogen-bond acceptors (Lipinski definition) is 4. The zero-order valence-electron chi connectivity index (χ0n) is 13.0. The second-order valence-corrected chi connectivity index (χ2v) is 6.28. The standard InChI is InChI=1S/C17H14BrN3O3/c1-9-7-12-14(17(24)21(2)15(12)13(18)8-9)19-20-16(23)10-3-5-11(22)6-4-10/h3-8,22,24H,1-2H3. The van der Waals surface area contributed by atoms with Gasteiger partial charge in [-0.3, -0.25) is 4.79 Å². The van der Waals surface area contributed by atoms with Crippen molar-refractivity contribution in [3.8, 4) is 11.6 Å². The second-order valence-electron chi connectivity index (χ2n) is 5.43. The molecule has 0 bridgehead atoms. The van der Waals surface area contributed by atoms with Crippen molar-refractivity contribution in [2.24, 2.45) is 17.3 Å². The van der Waals surface area contributed by atoms with Crippen LogP contribution in [0, 0.1) is 6.92 Å². The van der Waals surface area contributed by atoms with Crippen LogP contribution in [-0.4, -0.2) is 20.7 Å². The summed E-state index contributed by atoms with van der Waals surface area (Å²) in [6.45, 7) is 1.93. The van der Waals surface area contributed by atoms with Gasteiger partial charge in [-0.2, -0.15) is 0 Å². The van der Waals surface area contributed by atoms with Crippen LogP contribution in [0.3, 0.4) is 0 Å². The molecule has 0 spiro atoms. The van der Waals surface area contributed by atoms with E-state index < -0.39 is 5.91 Å². The lowest BCUT2D eigenvalue weighted by atomic mass is 10.1. The van der Waals surface area contributed by atoms with E-state index in [0.717, 1.165) is 15.6 Å². The van der Waals surface area contributed by atoms with Gasteiger partial charge in [-0.15, -0.1) is 10.2 Å². The number of fused-ring (bicyclic) bond motifs is 1. The Kier molecular flexibility index (Phi) is 4.11. The fraction of sp³-hybridized carbons (Fsp3) is 0.118. The van der Waals surface area contributed by atoms with Gasteiger partial charge in [0, 0.05) is 22.5 Å². The molecule has 1 amide bonds. The first-order valence-electron chi connectivity index (χ1n) is 7.11. The number of rotatable bonds is 2. The van der Waals surface area contributed by atoms with Gasteiger partial charge in [0.2, 0.25) is 5.88 Å². The second kappa shape index (κ2) is 6.09. The van der Waals surface area contributed by atoms with Crippen molar-refractivity contribution in [2.45, 2.75) is 6.92 Å². The zero-order chi connectivity index (χ0) is 17.4. The third kappa shape index (κ3) is 2.78. The van der Waals surface area contributed by atoms with Crippen molar-refractivity contribution >= 4 is 38.4 Å². The van der Waals surface area contributed by atoms with Gasteiger partial charge in [0.05, 0.1) is 5.52 Å². The molecule has 0 radical (unpaired) electrons. The molecule has 3 rings (SSSR count). The van der Waals surface area contributed by atoms with E-state index in [0.29, 0.717) is 10.9 Å². The minimum absolute atomic E-state index is 0.0653. The summed E-state index contributed by atoms with van der Waals surface area (Å²) < 4.78 is 2.40. The summed E-state index contributed by atoms with van der Waals surface area (Å²) in [5, 5.41) is 27.9. The van der Waals surface area contributed by atoms with Crippen LogP contribution in [-0.2, 0) is 7.05 Å². The van der Waals surface area contributed by atoms with Crippen LogP contribution in [0.25, 0.3) is 10.9 Å². The molecule has 0 unspecified atom stereocenters. The number of hydrogen-bond donors (Lipinski definition) is 2. The molecule has 24 heavy (non-hydrogen) atoms. The average molecular weight is 388 g/mol. The quantitative estimate of drug-likeness (QED) is 0.630. The highest BCUT2D eigenvalue weighted by Gasteiger charge is 2.17. The number of carbonyl (C=O) groups excluding carboxylic acids is 1. The maximum absolute atomic E-state index is 12.1. The largest absolute Gasteiger partial charge is 0.508 e. The Morgan fingerprint density at radius 1 is 1.17 bits per heavy atom. The third-order valence-corrected chi connectivity index (χ3v) is 4.29. The first-order chi connectivity index (χ1) is 11.4. The summed E-state index contributed by atoms with van der Waals surface area (Å²) in [7, 11) is 1.71.